The zero-order chi connectivity index (χ0) is 14.8. The van der Waals surface area contributed by atoms with Crippen molar-refractivity contribution in [2.75, 3.05) is 6.54 Å². The molecule has 0 radical (unpaired) electrons. The van der Waals surface area contributed by atoms with Gasteiger partial charge in [0.25, 0.3) is 0 Å². The number of alkyl halides is 3. The molecule has 5 heteroatoms. The van der Waals surface area contributed by atoms with E-state index in [1.54, 1.807) is 0 Å². The predicted molar refractivity (Wildman–Crippen MR) is 69.6 cm³/mol. The van der Waals surface area contributed by atoms with Crippen molar-refractivity contribution in [2.45, 2.75) is 38.9 Å². The first-order valence-corrected chi connectivity index (χ1v) is 6.92. The van der Waals surface area contributed by atoms with Crippen molar-refractivity contribution >= 4 is 0 Å². The molecule has 1 aliphatic rings. The average molecular weight is 289 g/mol. The van der Waals surface area contributed by atoms with Gasteiger partial charge in [-0.25, -0.2) is 4.39 Å². The Morgan fingerprint density at radius 2 is 2.00 bits per heavy atom. The second-order valence-corrected chi connectivity index (χ2v) is 5.71. The Morgan fingerprint density at radius 1 is 1.25 bits per heavy atom. The first kappa shape index (κ1) is 15.3. The lowest BCUT2D eigenvalue weighted by molar-refractivity contribution is -0.138. The molecule has 2 atom stereocenters. The Hall–Kier alpha value is -1.10. The summed E-state index contributed by atoms with van der Waals surface area (Å²) in [5.74, 6) is 0.392. The number of benzene rings is 1. The Balaban J connectivity index is 1.95. The van der Waals surface area contributed by atoms with Crippen LogP contribution in [0.25, 0.3) is 0 Å². The third-order valence-corrected chi connectivity index (χ3v) is 3.93. The zero-order valence-corrected chi connectivity index (χ0v) is 11.4. The molecule has 1 nitrogen and oxygen atoms in total. The Morgan fingerprint density at radius 3 is 2.60 bits per heavy atom. The molecular weight excluding hydrogens is 270 g/mol. The Labute approximate surface area is 116 Å². The van der Waals surface area contributed by atoms with E-state index in [9.17, 15) is 17.6 Å². The summed E-state index contributed by atoms with van der Waals surface area (Å²) in [6, 6.07) is 2.85. The summed E-state index contributed by atoms with van der Waals surface area (Å²) in [7, 11) is 0. The van der Waals surface area contributed by atoms with Crippen molar-refractivity contribution in [3.8, 4) is 0 Å². The van der Waals surface area contributed by atoms with Gasteiger partial charge in [0.1, 0.15) is 5.82 Å². The monoisotopic (exact) mass is 289 g/mol. The van der Waals surface area contributed by atoms with Gasteiger partial charge in [-0.2, -0.15) is 13.2 Å². The standard InChI is InChI=1S/C15H19F4N/c1-10-2-3-11(6-10)8-20-9-12-4-5-13(16)7-14(12)15(17,18)19/h4-5,7,10-11,20H,2-3,6,8-9H2,1H3. The summed E-state index contributed by atoms with van der Waals surface area (Å²) in [5.41, 5.74) is -0.783. The summed E-state index contributed by atoms with van der Waals surface area (Å²) in [6.45, 7) is 3.04. The predicted octanol–water partition coefficient (Wildman–Crippen LogP) is 4.37. The van der Waals surface area contributed by atoms with E-state index in [1.165, 1.54) is 12.5 Å². The highest BCUT2D eigenvalue weighted by Gasteiger charge is 2.33. The van der Waals surface area contributed by atoms with Crippen LogP contribution in [-0.2, 0) is 12.7 Å². The van der Waals surface area contributed by atoms with Gasteiger partial charge in [0.2, 0.25) is 0 Å². The number of nitrogens with one attached hydrogen (secondary N) is 1. The maximum absolute atomic E-state index is 13.0. The molecule has 0 aromatic heterocycles. The Kier molecular flexibility index (Phi) is 4.68. The molecule has 0 aliphatic heterocycles. The van der Waals surface area contributed by atoms with Gasteiger partial charge < -0.3 is 5.32 Å². The highest BCUT2D eigenvalue weighted by atomic mass is 19.4. The lowest BCUT2D eigenvalue weighted by Crippen LogP contribution is -2.23. The SMILES string of the molecule is CC1CCC(CNCc2ccc(F)cc2C(F)(F)F)C1. The van der Waals surface area contributed by atoms with Gasteiger partial charge in [-0.05, 0) is 48.9 Å². The van der Waals surface area contributed by atoms with Crippen molar-refractivity contribution in [1.29, 1.82) is 0 Å². The van der Waals surface area contributed by atoms with Crippen molar-refractivity contribution in [3.63, 3.8) is 0 Å². The molecule has 20 heavy (non-hydrogen) atoms. The summed E-state index contributed by atoms with van der Waals surface area (Å²) < 4.78 is 51.4. The van der Waals surface area contributed by atoms with Gasteiger partial charge in [0.15, 0.2) is 0 Å². The third-order valence-electron chi connectivity index (χ3n) is 3.93. The molecule has 0 saturated heterocycles. The molecule has 1 saturated carbocycles. The zero-order valence-electron chi connectivity index (χ0n) is 11.4. The quantitative estimate of drug-likeness (QED) is 0.812. The summed E-state index contributed by atoms with van der Waals surface area (Å²) in [4.78, 5) is 0. The second kappa shape index (κ2) is 6.12. The van der Waals surface area contributed by atoms with E-state index < -0.39 is 17.6 Å². The van der Waals surface area contributed by atoms with Crippen molar-refractivity contribution < 1.29 is 17.6 Å². The van der Waals surface area contributed by atoms with Crippen molar-refractivity contribution in [3.05, 3.63) is 35.1 Å². The molecule has 112 valence electrons. The van der Waals surface area contributed by atoms with Crippen LogP contribution < -0.4 is 5.32 Å². The molecule has 1 fully saturated rings. The number of halogens is 4. The van der Waals surface area contributed by atoms with Crippen LogP contribution in [-0.4, -0.2) is 6.54 Å². The van der Waals surface area contributed by atoms with Crippen LogP contribution in [0.2, 0.25) is 0 Å². The number of hydrogen-bond acceptors (Lipinski definition) is 1. The molecule has 2 rings (SSSR count). The van der Waals surface area contributed by atoms with Gasteiger partial charge in [0.05, 0.1) is 5.56 Å². The van der Waals surface area contributed by atoms with Gasteiger partial charge in [-0.15, -0.1) is 0 Å². The lowest BCUT2D eigenvalue weighted by atomic mass is 10.0. The molecule has 0 amide bonds. The van der Waals surface area contributed by atoms with Crippen LogP contribution in [0.4, 0.5) is 17.6 Å². The fourth-order valence-electron chi connectivity index (χ4n) is 2.89. The molecule has 1 aromatic rings. The maximum atomic E-state index is 13.0. The number of rotatable bonds is 4. The molecule has 0 heterocycles. The minimum atomic E-state index is -4.51. The summed E-state index contributed by atoms with van der Waals surface area (Å²) in [5, 5.41) is 3.07. The van der Waals surface area contributed by atoms with Gasteiger partial charge in [-0.3, -0.25) is 0 Å². The smallest absolute Gasteiger partial charge is 0.312 e. The van der Waals surface area contributed by atoms with E-state index >= 15 is 0 Å². The van der Waals surface area contributed by atoms with E-state index in [2.05, 4.69) is 12.2 Å². The van der Waals surface area contributed by atoms with Gasteiger partial charge in [-0.1, -0.05) is 19.4 Å². The van der Waals surface area contributed by atoms with Crippen LogP contribution in [0, 0.1) is 17.7 Å². The lowest BCUT2D eigenvalue weighted by Gasteiger charge is -2.15. The molecule has 1 aromatic carbocycles. The number of hydrogen-bond donors (Lipinski definition) is 1. The fourth-order valence-corrected chi connectivity index (χ4v) is 2.89. The van der Waals surface area contributed by atoms with Gasteiger partial charge in [0, 0.05) is 6.54 Å². The molecule has 2 unspecified atom stereocenters. The van der Waals surface area contributed by atoms with Crippen LogP contribution in [0.15, 0.2) is 18.2 Å². The summed E-state index contributed by atoms with van der Waals surface area (Å²) in [6.07, 6.45) is -1.07. The van der Waals surface area contributed by atoms with Crippen LogP contribution in [0.5, 0.6) is 0 Å². The normalized spacial score (nSPS) is 23.2. The average Bonchev–Trinajstić information content (AvgIpc) is 2.76. The van der Waals surface area contributed by atoms with E-state index in [4.69, 9.17) is 0 Å². The molecule has 1 N–H and O–H groups in total. The largest absolute Gasteiger partial charge is 0.416 e. The van der Waals surface area contributed by atoms with E-state index in [1.807, 2.05) is 0 Å². The van der Waals surface area contributed by atoms with E-state index in [0.29, 0.717) is 17.9 Å². The molecular formula is C15H19F4N. The molecule has 0 spiro atoms. The van der Waals surface area contributed by atoms with Crippen LogP contribution in [0.1, 0.15) is 37.3 Å². The third kappa shape index (κ3) is 3.95. The van der Waals surface area contributed by atoms with E-state index in [0.717, 1.165) is 25.5 Å². The minimum absolute atomic E-state index is 0.102. The first-order chi connectivity index (χ1) is 9.36. The van der Waals surface area contributed by atoms with Gasteiger partial charge >= 0.3 is 6.18 Å². The van der Waals surface area contributed by atoms with Crippen molar-refractivity contribution in [2.24, 2.45) is 11.8 Å². The topological polar surface area (TPSA) is 12.0 Å². The van der Waals surface area contributed by atoms with Crippen LogP contribution in [0.3, 0.4) is 0 Å². The van der Waals surface area contributed by atoms with E-state index in [-0.39, 0.29) is 12.1 Å². The van der Waals surface area contributed by atoms with Crippen LogP contribution >= 0.6 is 0 Å². The molecule has 1 aliphatic carbocycles. The highest BCUT2D eigenvalue weighted by Crippen LogP contribution is 2.33. The molecule has 0 bridgehead atoms. The Bertz CT molecular complexity index is 456. The maximum Gasteiger partial charge on any atom is 0.416 e. The minimum Gasteiger partial charge on any atom is -0.312 e. The van der Waals surface area contributed by atoms with Crippen molar-refractivity contribution in [1.82, 2.24) is 5.32 Å². The first-order valence-electron chi connectivity index (χ1n) is 6.92. The second-order valence-electron chi connectivity index (χ2n) is 5.71. The summed E-state index contributed by atoms with van der Waals surface area (Å²) >= 11 is 0. The highest BCUT2D eigenvalue weighted by molar-refractivity contribution is 5.30. The fraction of sp³-hybridized carbons (Fsp3) is 0.600.